The molecule has 3 nitrogen and oxygen atoms in total. The molecule has 0 unspecified atom stereocenters. The van der Waals surface area contributed by atoms with Crippen molar-refractivity contribution in [2.75, 3.05) is 13.2 Å². The van der Waals surface area contributed by atoms with E-state index in [0.717, 1.165) is 32.5 Å². The largest absolute Gasteiger partial charge is 0.416 e. The number of pyridine rings is 1. The highest BCUT2D eigenvalue weighted by atomic mass is 35.5. The van der Waals surface area contributed by atoms with E-state index in [1.807, 2.05) is 6.20 Å². The molecule has 0 aliphatic heterocycles. The van der Waals surface area contributed by atoms with E-state index in [4.69, 9.17) is 16.0 Å². The second kappa shape index (κ2) is 6.99. The molecular formula is C17H29ClN2OSi. The predicted octanol–water partition coefficient (Wildman–Crippen LogP) is 4.34. The lowest BCUT2D eigenvalue weighted by atomic mass is 10.1. The molecule has 0 fully saturated rings. The van der Waals surface area contributed by atoms with Crippen LogP contribution in [0.15, 0.2) is 6.20 Å². The minimum absolute atomic E-state index is 0.272. The third-order valence-electron chi connectivity index (χ3n) is 5.05. The Morgan fingerprint density at radius 3 is 2.64 bits per heavy atom. The van der Waals surface area contributed by atoms with Gasteiger partial charge in [-0.15, -0.1) is 0 Å². The van der Waals surface area contributed by atoms with E-state index in [1.54, 1.807) is 0 Å². The SMILES string of the molecule is CC(C)(C)[Si](C)(C)OCCNCc1cnc(Cl)c2c1CCC2. The normalized spacial score (nSPS) is 15.2. The summed E-state index contributed by atoms with van der Waals surface area (Å²) in [7, 11) is -1.63. The topological polar surface area (TPSA) is 34.1 Å². The molecule has 0 aromatic carbocycles. The monoisotopic (exact) mass is 340 g/mol. The van der Waals surface area contributed by atoms with Crippen molar-refractivity contribution in [2.24, 2.45) is 0 Å². The first-order chi connectivity index (χ1) is 10.2. The average Bonchev–Trinajstić information content (AvgIpc) is 2.89. The van der Waals surface area contributed by atoms with Gasteiger partial charge < -0.3 is 9.74 Å². The van der Waals surface area contributed by atoms with Gasteiger partial charge in [0.05, 0.1) is 0 Å². The highest BCUT2D eigenvalue weighted by Crippen LogP contribution is 2.36. The van der Waals surface area contributed by atoms with Crippen LogP contribution in [-0.2, 0) is 23.8 Å². The Hall–Kier alpha value is -0.423. The highest BCUT2D eigenvalue weighted by Gasteiger charge is 2.36. The van der Waals surface area contributed by atoms with Gasteiger partial charge in [-0.1, -0.05) is 32.4 Å². The molecule has 0 bridgehead atoms. The van der Waals surface area contributed by atoms with Crippen LogP contribution in [0.5, 0.6) is 0 Å². The zero-order valence-corrected chi connectivity index (χ0v) is 16.3. The van der Waals surface area contributed by atoms with Crippen molar-refractivity contribution in [3.8, 4) is 0 Å². The van der Waals surface area contributed by atoms with Gasteiger partial charge in [-0.25, -0.2) is 4.98 Å². The molecule has 0 atom stereocenters. The summed E-state index contributed by atoms with van der Waals surface area (Å²) >= 11 is 6.17. The fraction of sp³-hybridized carbons (Fsp3) is 0.706. The molecular weight excluding hydrogens is 312 g/mol. The van der Waals surface area contributed by atoms with Crippen LogP contribution >= 0.6 is 11.6 Å². The number of nitrogens with zero attached hydrogens (tertiary/aromatic N) is 1. The van der Waals surface area contributed by atoms with E-state index in [2.05, 4.69) is 44.2 Å². The van der Waals surface area contributed by atoms with Gasteiger partial charge in [0.25, 0.3) is 0 Å². The first-order valence-electron chi connectivity index (χ1n) is 8.22. The lowest BCUT2D eigenvalue weighted by molar-refractivity contribution is 0.285. The van der Waals surface area contributed by atoms with Gasteiger partial charge >= 0.3 is 0 Å². The molecule has 0 saturated carbocycles. The van der Waals surface area contributed by atoms with Crippen molar-refractivity contribution < 1.29 is 4.43 Å². The molecule has 1 N–H and O–H groups in total. The maximum atomic E-state index is 6.18. The van der Waals surface area contributed by atoms with Gasteiger partial charge in [0.15, 0.2) is 8.32 Å². The Labute approximate surface area is 140 Å². The zero-order valence-electron chi connectivity index (χ0n) is 14.6. The Morgan fingerprint density at radius 1 is 1.27 bits per heavy atom. The number of fused-ring (bicyclic) bond motifs is 1. The first kappa shape index (κ1) is 17.9. The van der Waals surface area contributed by atoms with Crippen molar-refractivity contribution >= 4 is 19.9 Å². The molecule has 22 heavy (non-hydrogen) atoms. The van der Waals surface area contributed by atoms with E-state index < -0.39 is 8.32 Å². The molecule has 1 aliphatic carbocycles. The lowest BCUT2D eigenvalue weighted by Crippen LogP contribution is -2.42. The predicted molar refractivity (Wildman–Crippen MR) is 96.1 cm³/mol. The van der Waals surface area contributed by atoms with Crippen LogP contribution in [0.4, 0.5) is 0 Å². The quantitative estimate of drug-likeness (QED) is 0.475. The number of hydrogen-bond acceptors (Lipinski definition) is 3. The van der Waals surface area contributed by atoms with E-state index in [0.29, 0.717) is 5.15 Å². The molecule has 1 aromatic rings. The zero-order chi connectivity index (χ0) is 16.4. The maximum absolute atomic E-state index is 6.18. The van der Waals surface area contributed by atoms with Gasteiger partial charge in [0, 0.05) is 25.9 Å². The summed E-state index contributed by atoms with van der Waals surface area (Å²) in [6.07, 6.45) is 5.33. The highest BCUT2D eigenvalue weighted by molar-refractivity contribution is 6.74. The second-order valence-corrected chi connectivity index (χ2v) is 12.8. The van der Waals surface area contributed by atoms with E-state index in [1.165, 1.54) is 23.1 Å². The second-order valence-electron chi connectivity index (χ2n) is 7.67. The molecule has 2 rings (SSSR count). The van der Waals surface area contributed by atoms with Crippen molar-refractivity contribution in [2.45, 2.75) is 64.7 Å². The van der Waals surface area contributed by atoms with Crippen LogP contribution in [0.1, 0.15) is 43.9 Å². The van der Waals surface area contributed by atoms with Gasteiger partial charge in [-0.05, 0) is 54.1 Å². The van der Waals surface area contributed by atoms with Crippen LogP contribution in [-0.4, -0.2) is 26.5 Å². The third-order valence-corrected chi connectivity index (χ3v) is 9.92. The Morgan fingerprint density at radius 2 is 1.95 bits per heavy atom. The smallest absolute Gasteiger partial charge is 0.192 e. The van der Waals surface area contributed by atoms with Gasteiger partial charge in [0.2, 0.25) is 0 Å². The van der Waals surface area contributed by atoms with Crippen LogP contribution < -0.4 is 5.32 Å². The number of aromatic nitrogens is 1. The molecule has 1 aliphatic rings. The molecule has 1 heterocycles. The van der Waals surface area contributed by atoms with Gasteiger partial charge in [-0.2, -0.15) is 0 Å². The summed E-state index contributed by atoms with van der Waals surface area (Å²) < 4.78 is 6.18. The van der Waals surface area contributed by atoms with Gasteiger partial charge in [0.1, 0.15) is 5.15 Å². The summed E-state index contributed by atoms with van der Waals surface area (Å²) in [6.45, 7) is 13.9. The molecule has 0 amide bonds. The van der Waals surface area contributed by atoms with Crippen molar-refractivity contribution in [1.29, 1.82) is 0 Å². The first-order valence-corrected chi connectivity index (χ1v) is 11.5. The van der Waals surface area contributed by atoms with Crippen molar-refractivity contribution in [3.05, 3.63) is 28.0 Å². The maximum Gasteiger partial charge on any atom is 0.192 e. The fourth-order valence-electron chi connectivity index (χ4n) is 2.59. The summed E-state index contributed by atoms with van der Waals surface area (Å²) in [5, 5.41) is 4.45. The van der Waals surface area contributed by atoms with Gasteiger partial charge in [-0.3, -0.25) is 0 Å². The Bertz CT molecular complexity index is 526. The van der Waals surface area contributed by atoms with E-state index >= 15 is 0 Å². The van der Waals surface area contributed by atoms with Crippen LogP contribution in [0, 0.1) is 0 Å². The summed E-state index contributed by atoms with van der Waals surface area (Å²) in [5.74, 6) is 0. The van der Waals surface area contributed by atoms with E-state index in [-0.39, 0.29) is 5.04 Å². The lowest BCUT2D eigenvalue weighted by Gasteiger charge is -2.36. The molecule has 0 saturated heterocycles. The minimum atomic E-state index is -1.63. The number of hydrogen-bond donors (Lipinski definition) is 1. The molecule has 0 spiro atoms. The molecule has 0 radical (unpaired) electrons. The number of rotatable bonds is 6. The average molecular weight is 341 g/mol. The summed E-state index contributed by atoms with van der Waals surface area (Å²) in [5.41, 5.74) is 3.97. The van der Waals surface area contributed by atoms with Crippen LogP contribution in [0.2, 0.25) is 23.3 Å². The minimum Gasteiger partial charge on any atom is -0.416 e. The van der Waals surface area contributed by atoms with Crippen LogP contribution in [0.25, 0.3) is 0 Å². The van der Waals surface area contributed by atoms with Crippen molar-refractivity contribution in [1.82, 2.24) is 10.3 Å². The summed E-state index contributed by atoms with van der Waals surface area (Å²) in [4.78, 5) is 4.32. The molecule has 1 aromatic heterocycles. The standard InChI is InChI=1S/C17H29ClN2OSi/c1-17(2,3)22(4,5)21-10-9-19-11-13-12-20-16(18)15-8-6-7-14(13)15/h12,19H,6-11H2,1-5H3. The number of nitrogens with one attached hydrogen (secondary N) is 1. The molecule has 5 heteroatoms. The number of halogens is 1. The van der Waals surface area contributed by atoms with E-state index in [9.17, 15) is 0 Å². The Kier molecular flexibility index (Phi) is 5.70. The fourth-order valence-corrected chi connectivity index (χ4v) is 3.89. The Balaban J connectivity index is 1.80. The summed E-state index contributed by atoms with van der Waals surface area (Å²) in [6, 6.07) is 0. The third kappa shape index (κ3) is 4.10. The molecule has 124 valence electrons. The van der Waals surface area contributed by atoms with Crippen LogP contribution in [0.3, 0.4) is 0 Å². The van der Waals surface area contributed by atoms with Crippen molar-refractivity contribution in [3.63, 3.8) is 0 Å².